The molecule has 0 saturated carbocycles. The third-order valence-electron chi connectivity index (χ3n) is 6.15. The summed E-state index contributed by atoms with van der Waals surface area (Å²) in [4.78, 5) is 32.2. The Morgan fingerprint density at radius 2 is 1.72 bits per heavy atom. The number of piperidine rings is 1. The number of hydrogen-bond donors (Lipinski definition) is 1. The van der Waals surface area contributed by atoms with Crippen molar-refractivity contribution in [1.29, 1.82) is 0 Å². The molecular formula is C27H37N3O2. The van der Waals surface area contributed by atoms with Gasteiger partial charge in [-0.1, -0.05) is 51.1 Å². The minimum atomic E-state index is -0.487. The number of carbonyl (C=O) groups is 2. The standard InChI is InChI=1S/C27H37N3O2/c1-20(2)29-25(32)27(12-15-30(16-13-27)24(31)18-26(3,4)5)17-21-8-10-22(11-9-21)23-7-6-14-28-19-23/h6-11,14,19-20H,12-13,15-18H2,1-5H3,(H,29,32). The van der Waals surface area contributed by atoms with Crippen molar-refractivity contribution in [2.45, 2.75) is 66.3 Å². The summed E-state index contributed by atoms with van der Waals surface area (Å²) in [6.45, 7) is 11.5. The van der Waals surface area contributed by atoms with Crippen LogP contribution in [0.25, 0.3) is 11.1 Å². The lowest BCUT2D eigenvalue weighted by molar-refractivity contribution is -0.142. The highest BCUT2D eigenvalue weighted by Gasteiger charge is 2.42. The number of likely N-dealkylation sites (tertiary alicyclic amines) is 1. The van der Waals surface area contributed by atoms with E-state index in [1.807, 2.05) is 37.1 Å². The number of benzene rings is 1. The molecule has 0 unspecified atom stereocenters. The fourth-order valence-corrected chi connectivity index (χ4v) is 4.39. The maximum atomic E-state index is 13.3. The highest BCUT2D eigenvalue weighted by atomic mass is 16.2. The Kier molecular flexibility index (Phi) is 7.37. The monoisotopic (exact) mass is 435 g/mol. The minimum absolute atomic E-state index is 0.0311. The van der Waals surface area contributed by atoms with Crippen LogP contribution in [0.1, 0.15) is 59.4 Å². The number of nitrogens with one attached hydrogen (secondary N) is 1. The molecule has 1 aromatic carbocycles. The summed E-state index contributed by atoms with van der Waals surface area (Å²) in [6.07, 6.45) is 6.22. The van der Waals surface area contributed by atoms with Gasteiger partial charge in [0.15, 0.2) is 0 Å². The Morgan fingerprint density at radius 3 is 2.25 bits per heavy atom. The van der Waals surface area contributed by atoms with Crippen LogP contribution in [0, 0.1) is 10.8 Å². The molecule has 0 radical (unpaired) electrons. The van der Waals surface area contributed by atoms with Crippen molar-refractivity contribution in [3.8, 4) is 11.1 Å². The van der Waals surface area contributed by atoms with Crippen LogP contribution in [0.3, 0.4) is 0 Å². The fraction of sp³-hybridized carbons (Fsp3) is 0.519. The summed E-state index contributed by atoms with van der Waals surface area (Å²) in [7, 11) is 0. The first-order valence-electron chi connectivity index (χ1n) is 11.7. The summed E-state index contributed by atoms with van der Waals surface area (Å²) in [6, 6.07) is 12.5. The zero-order valence-electron chi connectivity index (χ0n) is 20.1. The van der Waals surface area contributed by atoms with Crippen LogP contribution in [0.5, 0.6) is 0 Å². The molecule has 0 bridgehead atoms. The zero-order chi connectivity index (χ0) is 23.4. The molecule has 1 aromatic heterocycles. The third kappa shape index (κ3) is 6.18. The minimum Gasteiger partial charge on any atom is -0.353 e. The average Bonchev–Trinajstić information content (AvgIpc) is 2.73. The van der Waals surface area contributed by atoms with Gasteiger partial charge in [0.1, 0.15) is 0 Å². The number of nitrogens with zero attached hydrogens (tertiary/aromatic N) is 2. The van der Waals surface area contributed by atoms with E-state index in [9.17, 15) is 9.59 Å². The molecular weight excluding hydrogens is 398 g/mol. The van der Waals surface area contributed by atoms with Crippen molar-refractivity contribution in [3.05, 3.63) is 54.4 Å². The number of rotatable bonds is 6. The first-order chi connectivity index (χ1) is 15.1. The lowest BCUT2D eigenvalue weighted by Crippen LogP contribution is -2.52. The molecule has 0 spiro atoms. The summed E-state index contributed by atoms with van der Waals surface area (Å²) in [5, 5.41) is 3.14. The molecule has 2 aromatic rings. The van der Waals surface area contributed by atoms with E-state index >= 15 is 0 Å². The average molecular weight is 436 g/mol. The molecule has 5 nitrogen and oxygen atoms in total. The second-order valence-corrected chi connectivity index (χ2v) is 10.6. The Labute approximate surface area is 192 Å². The highest BCUT2D eigenvalue weighted by Crippen LogP contribution is 2.37. The van der Waals surface area contributed by atoms with Crippen LogP contribution < -0.4 is 5.32 Å². The highest BCUT2D eigenvalue weighted by molar-refractivity contribution is 5.84. The van der Waals surface area contributed by atoms with Crippen LogP contribution in [0.2, 0.25) is 0 Å². The van der Waals surface area contributed by atoms with Crippen LogP contribution in [-0.2, 0) is 16.0 Å². The van der Waals surface area contributed by atoms with Crippen LogP contribution in [0.15, 0.2) is 48.8 Å². The lowest BCUT2D eigenvalue weighted by atomic mass is 9.72. The molecule has 1 aliphatic heterocycles. The quantitative estimate of drug-likeness (QED) is 0.705. The second kappa shape index (κ2) is 9.85. The molecule has 0 aliphatic carbocycles. The van der Waals surface area contributed by atoms with Crippen molar-refractivity contribution in [1.82, 2.24) is 15.2 Å². The Balaban J connectivity index is 1.75. The maximum absolute atomic E-state index is 13.3. The SMILES string of the molecule is CC(C)NC(=O)C1(Cc2ccc(-c3cccnc3)cc2)CCN(C(=O)CC(C)(C)C)CC1. The van der Waals surface area contributed by atoms with Crippen LogP contribution >= 0.6 is 0 Å². The van der Waals surface area contributed by atoms with Crippen molar-refractivity contribution in [3.63, 3.8) is 0 Å². The molecule has 3 rings (SSSR count). The van der Waals surface area contributed by atoms with E-state index in [0.717, 1.165) is 16.7 Å². The Morgan fingerprint density at radius 1 is 1.06 bits per heavy atom. The maximum Gasteiger partial charge on any atom is 0.226 e. The summed E-state index contributed by atoms with van der Waals surface area (Å²) >= 11 is 0. The van der Waals surface area contributed by atoms with E-state index in [1.54, 1.807) is 6.20 Å². The number of hydrogen-bond acceptors (Lipinski definition) is 3. The molecule has 0 atom stereocenters. The Bertz CT molecular complexity index is 906. The molecule has 1 aliphatic rings. The van der Waals surface area contributed by atoms with Gasteiger partial charge in [-0.15, -0.1) is 0 Å². The van der Waals surface area contributed by atoms with E-state index in [-0.39, 0.29) is 23.3 Å². The largest absolute Gasteiger partial charge is 0.353 e. The molecule has 5 heteroatoms. The van der Waals surface area contributed by atoms with E-state index in [1.165, 1.54) is 0 Å². The zero-order valence-corrected chi connectivity index (χ0v) is 20.1. The molecule has 2 amide bonds. The first kappa shape index (κ1) is 24.0. The number of carbonyl (C=O) groups excluding carboxylic acids is 2. The van der Waals surface area contributed by atoms with Gasteiger partial charge in [0.25, 0.3) is 0 Å². The molecule has 172 valence electrons. The van der Waals surface area contributed by atoms with Gasteiger partial charge in [0, 0.05) is 37.9 Å². The number of aromatic nitrogens is 1. The van der Waals surface area contributed by atoms with Gasteiger partial charge < -0.3 is 10.2 Å². The third-order valence-corrected chi connectivity index (χ3v) is 6.15. The van der Waals surface area contributed by atoms with E-state index in [2.05, 4.69) is 55.3 Å². The van der Waals surface area contributed by atoms with E-state index in [4.69, 9.17) is 0 Å². The van der Waals surface area contributed by atoms with Crippen LogP contribution in [-0.4, -0.2) is 40.8 Å². The van der Waals surface area contributed by atoms with Gasteiger partial charge in [0.05, 0.1) is 5.41 Å². The molecule has 2 heterocycles. The topological polar surface area (TPSA) is 62.3 Å². The van der Waals surface area contributed by atoms with Gasteiger partial charge in [-0.05, 0) is 61.3 Å². The predicted molar refractivity (Wildman–Crippen MR) is 129 cm³/mol. The van der Waals surface area contributed by atoms with Crippen molar-refractivity contribution < 1.29 is 9.59 Å². The summed E-state index contributed by atoms with van der Waals surface area (Å²) in [5.74, 6) is 0.294. The van der Waals surface area contributed by atoms with E-state index < -0.39 is 5.41 Å². The first-order valence-corrected chi connectivity index (χ1v) is 11.7. The number of pyridine rings is 1. The Hall–Kier alpha value is -2.69. The lowest BCUT2D eigenvalue weighted by Gasteiger charge is -2.42. The van der Waals surface area contributed by atoms with Gasteiger partial charge in [0.2, 0.25) is 11.8 Å². The summed E-state index contributed by atoms with van der Waals surface area (Å²) in [5.41, 5.74) is 2.82. The van der Waals surface area contributed by atoms with Gasteiger partial charge in [-0.3, -0.25) is 14.6 Å². The van der Waals surface area contributed by atoms with Crippen molar-refractivity contribution >= 4 is 11.8 Å². The predicted octanol–water partition coefficient (Wildman–Crippen LogP) is 4.86. The second-order valence-electron chi connectivity index (χ2n) is 10.6. The van der Waals surface area contributed by atoms with Gasteiger partial charge >= 0.3 is 0 Å². The molecule has 1 N–H and O–H groups in total. The smallest absolute Gasteiger partial charge is 0.226 e. The summed E-state index contributed by atoms with van der Waals surface area (Å²) < 4.78 is 0. The van der Waals surface area contributed by atoms with Gasteiger partial charge in [-0.25, -0.2) is 0 Å². The van der Waals surface area contributed by atoms with E-state index in [0.29, 0.717) is 38.8 Å². The van der Waals surface area contributed by atoms with Crippen molar-refractivity contribution in [2.24, 2.45) is 10.8 Å². The molecule has 32 heavy (non-hydrogen) atoms. The van der Waals surface area contributed by atoms with Gasteiger partial charge in [-0.2, -0.15) is 0 Å². The van der Waals surface area contributed by atoms with Crippen LogP contribution in [0.4, 0.5) is 0 Å². The number of amides is 2. The molecule has 1 fully saturated rings. The molecule has 1 saturated heterocycles. The normalized spacial score (nSPS) is 16.1. The fourth-order valence-electron chi connectivity index (χ4n) is 4.39. The van der Waals surface area contributed by atoms with Crippen molar-refractivity contribution in [2.75, 3.05) is 13.1 Å².